The van der Waals surface area contributed by atoms with Crippen molar-refractivity contribution >= 4 is 16.9 Å². The van der Waals surface area contributed by atoms with E-state index in [1.54, 1.807) is 0 Å². The second kappa shape index (κ2) is 2.52. The van der Waals surface area contributed by atoms with Crippen molar-refractivity contribution in [1.82, 2.24) is 0 Å². The van der Waals surface area contributed by atoms with Crippen LogP contribution in [0.5, 0.6) is 0 Å². The van der Waals surface area contributed by atoms with Gasteiger partial charge in [0.1, 0.15) is 0 Å². The summed E-state index contributed by atoms with van der Waals surface area (Å²) in [6.07, 6.45) is 0. The fraction of sp³-hybridized carbons (Fsp3) is 0.600. The molecule has 0 bridgehead atoms. The molecule has 0 spiro atoms. The number of hydrogen-bond donors (Lipinski definition) is 0. The molecule has 1 aliphatic rings. The van der Waals surface area contributed by atoms with Crippen LogP contribution in [0.15, 0.2) is 22.3 Å². The number of allylic oxidation sites excluding steroid dienone is 4. The van der Waals surface area contributed by atoms with Crippen LogP contribution in [0.1, 0.15) is 34.6 Å². The van der Waals surface area contributed by atoms with Gasteiger partial charge in [0, 0.05) is 0 Å². The third-order valence-corrected chi connectivity index (χ3v) is 4.56. The summed E-state index contributed by atoms with van der Waals surface area (Å²) in [6.45, 7) is 11.2. The first-order valence-electron chi connectivity index (χ1n) is 3.97. The molecule has 1 rings (SSSR count). The molecule has 60 valence electrons. The molecule has 1 heteroatoms. The molecule has 0 aromatic rings. The fourth-order valence-corrected chi connectivity index (χ4v) is 2.28. The summed E-state index contributed by atoms with van der Waals surface area (Å²) in [7, 11) is 0. The first kappa shape index (κ1) is 9.13. The molecule has 1 aliphatic carbocycles. The van der Waals surface area contributed by atoms with E-state index in [0.717, 1.165) is 0 Å². The van der Waals surface area contributed by atoms with Gasteiger partial charge in [-0.1, -0.05) is 0 Å². The minimum atomic E-state index is 0.251. The van der Waals surface area contributed by atoms with Crippen LogP contribution in [0.25, 0.3) is 0 Å². The molecule has 0 unspecified atom stereocenters. The Labute approximate surface area is 78.3 Å². The predicted molar refractivity (Wildman–Crippen MR) is 50.9 cm³/mol. The maximum atomic E-state index is 2.78. The van der Waals surface area contributed by atoms with Crippen LogP contribution in [0, 0.1) is 0 Å². The van der Waals surface area contributed by atoms with Gasteiger partial charge < -0.3 is 0 Å². The van der Waals surface area contributed by atoms with E-state index < -0.39 is 0 Å². The van der Waals surface area contributed by atoms with Crippen molar-refractivity contribution in [2.45, 2.75) is 38.8 Å². The third-order valence-electron chi connectivity index (χ3n) is 3.15. The summed E-state index contributed by atoms with van der Waals surface area (Å²) in [5.74, 6) is 0. The Bertz CT molecular complexity index is 228. The van der Waals surface area contributed by atoms with Crippen LogP contribution in [0.3, 0.4) is 0 Å². The zero-order valence-electron chi connectivity index (χ0n) is 7.95. The minimum absolute atomic E-state index is 0.251. The second-order valence-corrected chi connectivity index (χ2v) is 5.45. The van der Waals surface area contributed by atoms with E-state index in [-0.39, 0.29) is 4.20 Å². The number of rotatable bonds is 0. The standard InChI is InChI=1S/C10H15As/c1-6-7(2)9(4)10(5,11)8(6)3/h1-5H3. The van der Waals surface area contributed by atoms with Crippen LogP contribution in [-0.4, -0.2) is 16.9 Å². The average molecular weight is 210 g/mol. The molecule has 0 amide bonds. The molecule has 11 heavy (non-hydrogen) atoms. The molecule has 0 aromatic heterocycles. The van der Waals surface area contributed by atoms with Gasteiger partial charge in [0.25, 0.3) is 0 Å². The quantitative estimate of drug-likeness (QED) is 0.539. The summed E-state index contributed by atoms with van der Waals surface area (Å²) in [4.78, 5) is 0. The topological polar surface area (TPSA) is 0 Å². The van der Waals surface area contributed by atoms with Gasteiger partial charge in [-0.2, -0.15) is 0 Å². The summed E-state index contributed by atoms with van der Waals surface area (Å²) in [5.41, 5.74) is 5.97. The fourth-order valence-electron chi connectivity index (χ4n) is 1.57. The summed E-state index contributed by atoms with van der Waals surface area (Å²) >= 11 is 2.78. The molecule has 0 nitrogen and oxygen atoms in total. The Balaban J connectivity index is 3.27. The van der Waals surface area contributed by atoms with Crippen LogP contribution >= 0.6 is 0 Å². The predicted octanol–water partition coefficient (Wildman–Crippen LogP) is 3.02. The average Bonchev–Trinajstić information content (AvgIpc) is 2.06. The van der Waals surface area contributed by atoms with Gasteiger partial charge in [-0.15, -0.1) is 0 Å². The second-order valence-electron chi connectivity index (χ2n) is 3.57. The van der Waals surface area contributed by atoms with Gasteiger partial charge in [0.05, 0.1) is 0 Å². The van der Waals surface area contributed by atoms with Gasteiger partial charge in [-0.05, 0) is 0 Å². The molecular weight excluding hydrogens is 195 g/mol. The van der Waals surface area contributed by atoms with Crippen molar-refractivity contribution in [3.8, 4) is 0 Å². The van der Waals surface area contributed by atoms with Crippen LogP contribution in [-0.2, 0) is 0 Å². The first-order chi connectivity index (χ1) is 4.89. The maximum absolute atomic E-state index is 2.78. The van der Waals surface area contributed by atoms with E-state index in [9.17, 15) is 0 Å². The van der Waals surface area contributed by atoms with Gasteiger partial charge in [0.15, 0.2) is 0 Å². The zero-order chi connectivity index (χ0) is 8.81. The van der Waals surface area contributed by atoms with Gasteiger partial charge in [0.2, 0.25) is 0 Å². The van der Waals surface area contributed by atoms with Gasteiger partial charge in [-0.3, -0.25) is 0 Å². The van der Waals surface area contributed by atoms with Crippen LogP contribution in [0.4, 0.5) is 0 Å². The molecular formula is C10H15As. The van der Waals surface area contributed by atoms with Crippen molar-refractivity contribution in [2.75, 3.05) is 0 Å². The monoisotopic (exact) mass is 210 g/mol. The van der Waals surface area contributed by atoms with E-state index >= 15 is 0 Å². The van der Waals surface area contributed by atoms with E-state index in [0.29, 0.717) is 0 Å². The van der Waals surface area contributed by atoms with E-state index in [1.807, 2.05) is 0 Å². The zero-order valence-corrected chi connectivity index (χ0v) is 9.82. The van der Waals surface area contributed by atoms with Crippen molar-refractivity contribution in [3.05, 3.63) is 22.3 Å². The van der Waals surface area contributed by atoms with Crippen LogP contribution in [0.2, 0.25) is 4.20 Å². The molecule has 2 radical (unpaired) electrons. The Morgan fingerprint density at radius 1 is 0.909 bits per heavy atom. The SMILES string of the molecule is CC1=C(C)C(C)([As])C(C)=C1C. The molecule has 0 saturated heterocycles. The summed E-state index contributed by atoms with van der Waals surface area (Å²) in [6, 6.07) is 0. The molecule has 0 atom stereocenters. The third kappa shape index (κ3) is 1.12. The summed E-state index contributed by atoms with van der Waals surface area (Å²) < 4.78 is 0.251. The Morgan fingerprint density at radius 2 is 1.18 bits per heavy atom. The molecule has 0 aromatic carbocycles. The van der Waals surface area contributed by atoms with Crippen LogP contribution < -0.4 is 0 Å². The van der Waals surface area contributed by atoms with E-state index in [2.05, 4.69) is 51.5 Å². The Morgan fingerprint density at radius 3 is 1.27 bits per heavy atom. The van der Waals surface area contributed by atoms with Crippen molar-refractivity contribution in [3.63, 3.8) is 0 Å². The normalized spacial score (nSPS) is 23.5. The van der Waals surface area contributed by atoms with E-state index in [4.69, 9.17) is 0 Å². The van der Waals surface area contributed by atoms with Gasteiger partial charge in [-0.25, -0.2) is 0 Å². The Hall–Kier alpha value is 0.0384. The first-order valence-corrected chi connectivity index (χ1v) is 4.91. The molecule has 0 N–H and O–H groups in total. The molecule has 0 aliphatic heterocycles. The molecule has 0 heterocycles. The van der Waals surface area contributed by atoms with Gasteiger partial charge >= 0.3 is 78.0 Å². The number of hydrogen-bond acceptors (Lipinski definition) is 0. The Kier molecular flexibility index (Phi) is 2.09. The van der Waals surface area contributed by atoms with Crippen molar-refractivity contribution < 1.29 is 0 Å². The molecule has 0 fully saturated rings. The van der Waals surface area contributed by atoms with Crippen molar-refractivity contribution in [2.24, 2.45) is 0 Å². The van der Waals surface area contributed by atoms with Crippen molar-refractivity contribution in [1.29, 1.82) is 0 Å². The van der Waals surface area contributed by atoms with E-state index in [1.165, 1.54) is 22.3 Å². The molecule has 0 saturated carbocycles. The summed E-state index contributed by atoms with van der Waals surface area (Å²) in [5, 5.41) is 0.